The third-order valence-corrected chi connectivity index (χ3v) is 1.67. The monoisotopic (exact) mass is 223 g/mol. The first-order valence-electron chi connectivity index (χ1n) is 5.22. The lowest BCUT2D eigenvalue weighted by Gasteiger charge is -2.09. The van der Waals surface area contributed by atoms with Crippen LogP contribution in [-0.2, 0) is 4.79 Å². The van der Waals surface area contributed by atoms with Crippen molar-refractivity contribution in [2.75, 3.05) is 6.54 Å². The van der Waals surface area contributed by atoms with Gasteiger partial charge in [0.05, 0.1) is 5.92 Å². The molecule has 0 aromatic carbocycles. The summed E-state index contributed by atoms with van der Waals surface area (Å²) in [5, 5.41) is 8.85. The van der Waals surface area contributed by atoms with Crippen molar-refractivity contribution in [3.63, 3.8) is 0 Å². The molecule has 16 heavy (non-hydrogen) atoms. The van der Waals surface area contributed by atoms with Crippen molar-refractivity contribution in [3.05, 3.63) is 49.1 Å². The lowest BCUT2D eigenvalue weighted by Crippen LogP contribution is -2.24. The Hall–Kier alpha value is -1.61. The molecule has 0 radical (unpaired) electrons. The summed E-state index contributed by atoms with van der Waals surface area (Å²) in [6.07, 6.45) is 8.08. The maximum absolute atomic E-state index is 10.8. The van der Waals surface area contributed by atoms with E-state index in [0.717, 1.165) is 0 Å². The van der Waals surface area contributed by atoms with Crippen molar-refractivity contribution >= 4 is 5.97 Å². The number of allylic oxidation sites excluding steroid dienone is 5. The van der Waals surface area contributed by atoms with E-state index in [4.69, 9.17) is 10.8 Å². The molecular formula is C13H21NO2. The molecule has 3 heteroatoms. The van der Waals surface area contributed by atoms with Gasteiger partial charge in [0, 0.05) is 6.54 Å². The molecule has 0 fully saturated rings. The molecular weight excluding hydrogens is 202 g/mol. The molecule has 0 aromatic rings. The minimum atomic E-state index is -0.936. The molecule has 0 bridgehead atoms. The summed E-state index contributed by atoms with van der Waals surface area (Å²) in [6, 6.07) is 0. The quantitative estimate of drug-likeness (QED) is 0.680. The Labute approximate surface area is 97.7 Å². The Morgan fingerprint density at radius 3 is 2.25 bits per heavy atom. The second-order valence-electron chi connectivity index (χ2n) is 2.62. The number of carboxylic acids is 1. The normalized spacial score (nSPS) is 12.6. The van der Waals surface area contributed by atoms with Gasteiger partial charge < -0.3 is 10.8 Å². The van der Waals surface area contributed by atoms with Crippen LogP contribution in [0.4, 0.5) is 0 Å². The molecule has 0 saturated heterocycles. The zero-order valence-corrected chi connectivity index (χ0v) is 10.0. The first kappa shape index (κ1) is 16.8. The molecule has 0 heterocycles. The molecule has 0 aromatic heterocycles. The number of carbonyl (C=O) groups is 1. The Morgan fingerprint density at radius 2 is 1.94 bits per heavy atom. The molecule has 3 N–H and O–H groups in total. The highest BCUT2D eigenvalue weighted by Gasteiger charge is 2.17. The molecule has 3 nitrogen and oxygen atoms in total. The molecule has 0 rings (SSSR count). The van der Waals surface area contributed by atoms with Gasteiger partial charge in [-0.05, 0) is 5.57 Å². The fraction of sp³-hybridized carbons (Fsp3) is 0.308. The highest BCUT2D eigenvalue weighted by molar-refractivity contribution is 5.75. The summed E-state index contributed by atoms with van der Waals surface area (Å²) in [5.74, 6) is -1.63. The zero-order chi connectivity index (χ0) is 13.0. The van der Waals surface area contributed by atoms with E-state index in [1.54, 1.807) is 24.3 Å². The van der Waals surface area contributed by atoms with Crippen molar-refractivity contribution < 1.29 is 9.90 Å². The van der Waals surface area contributed by atoms with Crippen LogP contribution < -0.4 is 5.73 Å². The largest absolute Gasteiger partial charge is 0.481 e. The van der Waals surface area contributed by atoms with Gasteiger partial charge in [-0.3, -0.25) is 4.79 Å². The topological polar surface area (TPSA) is 63.3 Å². The van der Waals surface area contributed by atoms with E-state index >= 15 is 0 Å². The lowest BCUT2D eigenvalue weighted by molar-refractivity contribution is -0.139. The molecule has 1 atom stereocenters. The van der Waals surface area contributed by atoms with Gasteiger partial charge >= 0.3 is 5.97 Å². The average Bonchev–Trinajstić information content (AvgIpc) is 2.29. The predicted molar refractivity (Wildman–Crippen MR) is 69.1 cm³/mol. The molecule has 90 valence electrons. The standard InChI is InChI=1S/C11H15NO2.C2H6/c1-3-5-7-9(6-4-2)10(8-12)11(13)14;1-2/h3-7,10H,1-2,8,12H2,(H,13,14);1-2H3/b7-5-,9-6+;. The summed E-state index contributed by atoms with van der Waals surface area (Å²) in [5.41, 5.74) is 5.98. The molecule has 0 aliphatic heterocycles. The van der Waals surface area contributed by atoms with Crippen molar-refractivity contribution in [2.45, 2.75) is 13.8 Å². The zero-order valence-electron chi connectivity index (χ0n) is 10.0. The van der Waals surface area contributed by atoms with Crippen LogP contribution in [0.5, 0.6) is 0 Å². The molecule has 0 aliphatic rings. The second kappa shape index (κ2) is 11.5. The lowest BCUT2D eigenvalue weighted by atomic mass is 9.98. The maximum Gasteiger partial charge on any atom is 0.312 e. The van der Waals surface area contributed by atoms with E-state index < -0.39 is 11.9 Å². The van der Waals surface area contributed by atoms with Gasteiger partial charge in [0.15, 0.2) is 0 Å². The highest BCUT2D eigenvalue weighted by Crippen LogP contribution is 2.12. The highest BCUT2D eigenvalue weighted by atomic mass is 16.4. The van der Waals surface area contributed by atoms with Crippen molar-refractivity contribution in [1.82, 2.24) is 0 Å². The fourth-order valence-corrected chi connectivity index (χ4v) is 0.983. The minimum Gasteiger partial charge on any atom is -0.481 e. The summed E-state index contributed by atoms with van der Waals surface area (Å²) in [6.45, 7) is 11.1. The number of rotatable bonds is 6. The van der Waals surface area contributed by atoms with Crippen molar-refractivity contribution in [3.8, 4) is 0 Å². The number of hydrogen-bond acceptors (Lipinski definition) is 2. The molecule has 1 unspecified atom stereocenters. The predicted octanol–water partition coefficient (Wildman–Crippen LogP) is 2.53. The van der Waals surface area contributed by atoms with E-state index in [2.05, 4.69) is 13.2 Å². The number of aliphatic carboxylic acids is 1. The van der Waals surface area contributed by atoms with Crippen LogP contribution >= 0.6 is 0 Å². The smallest absolute Gasteiger partial charge is 0.312 e. The second-order valence-corrected chi connectivity index (χ2v) is 2.62. The Morgan fingerprint density at radius 1 is 1.38 bits per heavy atom. The van der Waals surface area contributed by atoms with Crippen LogP contribution in [-0.4, -0.2) is 17.6 Å². The van der Waals surface area contributed by atoms with E-state index in [9.17, 15) is 4.79 Å². The third kappa shape index (κ3) is 6.79. The average molecular weight is 223 g/mol. The molecule has 0 spiro atoms. The summed E-state index contributed by atoms with van der Waals surface area (Å²) < 4.78 is 0. The molecule has 0 saturated carbocycles. The van der Waals surface area contributed by atoms with Gasteiger partial charge in [0.25, 0.3) is 0 Å². The van der Waals surface area contributed by atoms with Crippen LogP contribution in [0.3, 0.4) is 0 Å². The number of nitrogens with two attached hydrogens (primary N) is 1. The Kier molecular flexibility index (Phi) is 12.0. The van der Waals surface area contributed by atoms with Crippen molar-refractivity contribution in [1.29, 1.82) is 0 Å². The SMILES string of the molecule is C=C/C=C\C(=C/C=C)C(CN)C(=O)O.CC. The Bertz CT molecular complexity index is 278. The first-order chi connectivity index (χ1) is 7.67. The first-order valence-corrected chi connectivity index (χ1v) is 5.22. The van der Waals surface area contributed by atoms with Gasteiger partial charge in [-0.25, -0.2) is 0 Å². The summed E-state index contributed by atoms with van der Waals surface area (Å²) >= 11 is 0. The van der Waals surface area contributed by atoms with E-state index in [0.29, 0.717) is 5.57 Å². The van der Waals surface area contributed by atoms with E-state index in [1.165, 1.54) is 6.08 Å². The number of carboxylic acid groups (broad SMARTS) is 1. The van der Waals surface area contributed by atoms with Crippen LogP contribution in [0.25, 0.3) is 0 Å². The summed E-state index contributed by atoms with van der Waals surface area (Å²) in [4.78, 5) is 10.8. The Balaban J connectivity index is 0. The molecule has 0 aliphatic carbocycles. The van der Waals surface area contributed by atoms with Crippen LogP contribution in [0.1, 0.15) is 13.8 Å². The fourth-order valence-electron chi connectivity index (χ4n) is 0.983. The minimum absolute atomic E-state index is 0.0660. The van der Waals surface area contributed by atoms with E-state index in [1.807, 2.05) is 13.8 Å². The van der Waals surface area contributed by atoms with Gasteiger partial charge in [-0.15, -0.1) is 0 Å². The van der Waals surface area contributed by atoms with Gasteiger partial charge in [-0.2, -0.15) is 0 Å². The maximum atomic E-state index is 10.8. The van der Waals surface area contributed by atoms with Gasteiger partial charge in [0.1, 0.15) is 0 Å². The third-order valence-electron chi connectivity index (χ3n) is 1.67. The van der Waals surface area contributed by atoms with Crippen LogP contribution in [0, 0.1) is 5.92 Å². The summed E-state index contributed by atoms with van der Waals surface area (Å²) in [7, 11) is 0. The van der Waals surface area contributed by atoms with Crippen LogP contribution in [0.2, 0.25) is 0 Å². The van der Waals surface area contributed by atoms with Crippen LogP contribution in [0.15, 0.2) is 49.1 Å². The van der Waals surface area contributed by atoms with Crippen molar-refractivity contribution in [2.24, 2.45) is 11.7 Å². The van der Waals surface area contributed by atoms with Gasteiger partial charge in [-0.1, -0.05) is 57.4 Å². The van der Waals surface area contributed by atoms with Gasteiger partial charge in [0.2, 0.25) is 0 Å². The number of hydrogen-bond donors (Lipinski definition) is 2. The van der Waals surface area contributed by atoms with E-state index in [-0.39, 0.29) is 6.54 Å². The molecule has 0 amide bonds.